The minimum Gasteiger partial charge on any atom is -0.465 e. The Morgan fingerprint density at radius 1 is 1.38 bits per heavy atom. The fourth-order valence-corrected chi connectivity index (χ4v) is 1.18. The van der Waals surface area contributed by atoms with E-state index in [4.69, 9.17) is 9.84 Å². The molecule has 0 spiro atoms. The Morgan fingerprint density at radius 2 is 2.06 bits per heavy atom. The third-order valence-electron chi connectivity index (χ3n) is 1.89. The summed E-state index contributed by atoms with van der Waals surface area (Å²) < 4.78 is 9.40. The predicted octanol–water partition coefficient (Wildman–Crippen LogP) is 0.891. The molecule has 0 atom stereocenters. The van der Waals surface area contributed by atoms with E-state index in [9.17, 15) is 9.59 Å². The van der Waals surface area contributed by atoms with E-state index in [1.165, 1.54) is 26.2 Å². The van der Waals surface area contributed by atoms with Crippen LogP contribution in [-0.2, 0) is 16.1 Å². The second-order valence-corrected chi connectivity index (χ2v) is 3.07. The molecule has 5 nitrogen and oxygen atoms in total. The number of aliphatic hydroxyl groups is 1. The van der Waals surface area contributed by atoms with Crippen molar-refractivity contribution in [3.05, 3.63) is 29.3 Å². The second-order valence-electron chi connectivity index (χ2n) is 3.07. The zero-order valence-electron chi connectivity index (χ0n) is 9.02. The molecule has 16 heavy (non-hydrogen) atoms. The van der Waals surface area contributed by atoms with E-state index in [2.05, 4.69) is 4.74 Å². The molecule has 0 radical (unpaired) electrons. The number of rotatable bonds is 3. The molecule has 1 rings (SSSR count). The number of carbonyl (C=O) groups is 2. The van der Waals surface area contributed by atoms with Crippen LogP contribution in [0.15, 0.2) is 18.2 Å². The number of hydrogen-bond donors (Lipinski definition) is 1. The van der Waals surface area contributed by atoms with Gasteiger partial charge in [-0.3, -0.25) is 4.79 Å². The summed E-state index contributed by atoms with van der Waals surface area (Å²) >= 11 is 0. The molecule has 0 unspecified atom stereocenters. The first-order valence-electron chi connectivity index (χ1n) is 4.59. The van der Waals surface area contributed by atoms with E-state index in [0.29, 0.717) is 5.56 Å². The highest BCUT2D eigenvalue weighted by Gasteiger charge is 2.14. The molecule has 5 heteroatoms. The summed E-state index contributed by atoms with van der Waals surface area (Å²) in [7, 11) is 1.24. The fourth-order valence-electron chi connectivity index (χ4n) is 1.18. The summed E-state index contributed by atoms with van der Waals surface area (Å²) in [6.07, 6.45) is 0. The molecule has 0 saturated carbocycles. The van der Waals surface area contributed by atoms with Crippen LogP contribution < -0.4 is 4.74 Å². The molecular formula is C11H12O5. The van der Waals surface area contributed by atoms with Crippen LogP contribution in [0, 0.1) is 0 Å². The molecule has 0 aliphatic carbocycles. The molecule has 1 aromatic rings. The maximum absolute atomic E-state index is 11.3. The van der Waals surface area contributed by atoms with Crippen molar-refractivity contribution in [3.63, 3.8) is 0 Å². The first kappa shape index (κ1) is 12.2. The standard InChI is InChI=1S/C11H12O5/c1-7(13)16-10-5-8(6-12)3-4-9(10)11(14)15-2/h3-5,12H,6H2,1-2H3. The maximum atomic E-state index is 11.3. The van der Waals surface area contributed by atoms with E-state index < -0.39 is 11.9 Å². The zero-order chi connectivity index (χ0) is 12.1. The van der Waals surface area contributed by atoms with Crippen molar-refractivity contribution in [3.8, 4) is 5.75 Å². The summed E-state index contributed by atoms with van der Waals surface area (Å²) in [6.45, 7) is 1.03. The normalized spacial score (nSPS) is 9.69. The minimum absolute atomic E-state index is 0.0888. The topological polar surface area (TPSA) is 72.8 Å². The number of hydrogen-bond acceptors (Lipinski definition) is 5. The van der Waals surface area contributed by atoms with E-state index in [1.54, 1.807) is 6.07 Å². The van der Waals surface area contributed by atoms with E-state index in [-0.39, 0.29) is 17.9 Å². The summed E-state index contributed by atoms with van der Waals surface area (Å²) in [4.78, 5) is 22.2. The van der Waals surface area contributed by atoms with Crippen molar-refractivity contribution in [1.29, 1.82) is 0 Å². The highest BCUT2D eigenvalue weighted by Crippen LogP contribution is 2.21. The molecule has 0 fully saturated rings. The number of esters is 2. The first-order valence-corrected chi connectivity index (χ1v) is 4.59. The number of carbonyl (C=O) groups excluding carboxylic acids is 2. The van der Waals surface area contributed by atoms with E-state index >= 15 is 0 Å². The maximum Gasteiger partial charge on any atom is 0.341 e. The lowest BCUT2D eigenvalue weighted by molar-refractivity contribution is -0.131. The summed E-state index contributed by atoms with van der Waals surface area (Å²) in [5.41, 5.74) is 0.693. The molecule has 0 heterocycles. The molecule has 86 valence electrons. The minimum atomic E-state index is -0.597. The molecule has 0 bridgehead atoms. The lowest BCUT2D eigenvalue weighted by atomic mass is 10.1. The van der Waals surface area contributed by atoms with Crippen LogP contribution in [0.5, 0.6) is 5.75 Å². The number of benzene rings is 1. The van der Waals surface area contributed by atoms with Gasteiger partial charge < -0.3 is 14.6 Å². The van der Waals surface area contributed by atoms with Gasteiger partial charge in [-0.05, 0) is 17.7 Å². The molecule has 0 aliphatic heterocycles. The van der Waals surface area contributed by atoms with Crippen molar-refractivity contribution in [2.24, 2.45) is 0 Å². The zero-order valence-corrected chi connectivity index (χ0v) is 9.02. The van der Waals surface area contributed by atoms with Gasteiger partial charge in [0.15, 0.2) is 0 Å². The number of methoxy groups -OCH3 is 1. The SMILES string of the molecule is COC(=O)c1ccc(CO)cc1OC(C)=O. The summed E-state index contributed by atoms with van der Waals surface area (Å²) in [6, 6.07) is 4.42. The lowest BCUT2D eigenvalue weighted by Gasteiger charge is -2.08. The van der Waals surface area contributed by atoms with Crippen molar-refractivity contribution in [2.45, 2.75) is 13.5 Å². The first-order chi connectivity index (χ1) is 7.58. The Bertz CT molecular complexity index is 411. The Morgan fingerprint density at radius 3 is 2.56 bits per heavy atom. The average molecular weight is 224 g/mol. The molecule has 0 aromatic heterocycles. The van der Waals surface area contributed by atoms with Gasteiger partial charge in [-0.15, -0.1) is 0 Å². The fraction of sp³-hybridized carbons (Fsp3) is 0.273. The van der Waals surface area contributed by atoms with Crippen molar-refractivity contribution >= 4 is 11.9 Å². The van der Waals surface area contributed by atoms with Crippen LogP contribution in [0.2, 0.25) is 0 Å². The van der Waals surface area contributed by atoms with Gasteiger partial charge in [0, 0.05) is 6.92 Å². The van der Waals surface area contributed by atoms with Crippen LogP contribution in [0.3, 0.4) is 0 Å². The van der Waals surface area contributed by atoms with E-state index in [1.807, 2.05) is 0 Å². The third kappa shape index (κ3) is 2.80. The van der Waals surface area contributed by atoms with Crippen LogP contribution in [0.1, 0.15) is 22.8 Å². The molecule has 1 aromatic carbocycles. The summed E-state index contributed by atoms with van der Waals surface area (Å²) in [5.74, 6) is -1.05. The Balaban J connectivity index is 3.15. The highest BCUT2D eigenvalue weighted by atomic mass is 16.5. The second kappa shape index (κ2) is 5.27. The predicted molar refractivity (Wildman–Crippen MR) is 55.0 cm³/mol. The smallest absolute Gasteiger partial charge is 0.341 e. The van der Waals surface area contributed by atoms with Crippen LogP contribution in [-0.4, -0.2) is 24.2 Å². The highest BCUT2D eigenvalue weighted by molar-refractivity contribution is 5.93. The average Bonchev–Trinajstić information content (AvgIpc) is 2.27. The molecule has 1 N–H and O–H groups in total. The van der Waals surface area contributed by atoms with Gasteiger partial charge in [0.05, 0.1) is 13.7 Å². The van der Waals surface area contributed by atoms with Gasteiger partial charge in [0.1, 0.15) is 11.3 Å². The van der Waals surface area contributed by atoms with Crippen LogP contribution in [0.4, 0.5) is 0 Å². The van der Waals surface area contributed by atoms with Crippen LogP contribution >= 0.6 is 0 Å². The van der Waals surface area contributed by atoms with Gasteiger partial charge in [0.2, 0.25) is 0 Å². The Kier molecular flexibility index (Phi) is 4.02. The molecular weight excluding hydrogens is 212 g/mol. The Hall–Kier alpha value is -1.88. The van der Waals surface area contributed by atoms with Gasteiger partial charge in [-0.2, -0.15) is 0 Å². The molecule has 0 aliphatic rings. The quantitative estimate of drug-likeness (QED) is 0.609. The number of ether oxygens (including phenoxy) is 2. The number of aliphatic hydroxyl groups excluding tert-OH is 1. The summed E-state index contributed by atoms with van der Waals surface area (Å²) in [5, 5.41) is 8.93. The van der Waals surface area contributed by atoms with E-state index in [0.717, 1.165) is 0 Å². The van der Waals surface area contributed by atoms with Gasteiger partial charge in [0.25, 0.3) is 0 Å². The van der Waals surface area contributed by atoms with Gasteiger partial charge in [-0.1, -0.05) is 6.07 Å². The van der Waals surface area contributed by atoms with Crippen molar-refractivity contribution < 1.29 is 24.2 Å². The molecule has 0 saturated heterocycles. The third-order valence-corrected chi connectivity index (χ3v) is 1.89. The van der Waals surface area contributed by atoms with Crippen molar-refractivity contribution in [2.75, 3.05) is 7.11 Å². The van der Waals surface area contributed by atoms with Gasteiger partial charge >= 0.3 is 11.9 Å². The monoisotopic (exact) mass is 224 g/mol. The largest absolute Gasteiger partial charge is 0.465 e. The molecule has 0 amide bonds. The lowest BCUT2D eigenvalue weighted by Crippen LogP contribution is -2.09. The Labute approximate surface area is 92.6 Å². The van der Waals surface area contributed by atoms with Gasteiger partial charge in [-0.25, -0.2) is 4.79 Å². The van der Waals surface area contributed by atoms with Crippen LogP contribution in [0.25, 0.3) is 0 Å². The van der Waals surface area contributed by atoms with Crippen molar-refractivity contribution in [1.82, 2.24) is 0 Å².